The molecule has 0 aromatic heterocycles. The lowest BCUT2D eigenvalue weighted by molar-refractivity contribution is -0.117. The molecule has 0 radical (unpaired) electrons. The van der Waals surface area contributed by atoms with Crippen molar-refractivity contribution in [3.05, 3.63) is 54.1 Å². The van der Waals surface area contributed by atoms with E-state index < -0.39 is 10.0 Å². The molecule has 1 amide bonds. The average molecular weight is 387 g/mol. The lowest BCUT2D eigenvalue weighted by atomic mass is 9.92. The van der Waals surface area contributed by atoms with Gasteiger partial charge in [-0.25, -0.2) is 8.42 Å². The van der Waals surface area contributed by atoms with Crippen molar-refractivity contribution in [1.29, 1.82) is 0 Å². The topological polar surface area (TPSA) is 66.5 Å². The van der Waals surface area contributed by atoms with Crippen molar-refractivity contribution in [2.75, 3.05) is 16.2 Å². The summed E-state index contributed by atoms with van der Waals surface area (Å²) in [6.07, 6.45) is 2.00. The number of benzene rings is 2. The Balaban J connectivity index is 1.92. The van der Waals surface area contributed by atoms with Crippen molar-refractivity contribution < 1.29 is 13.2 Å². The summed E-state index contributed by atoms with van der Waals surface area (Å²) in [6, 6.07) is 14.0. The van der Waals surface area contributed by atoms with Crippen LogP contribution in [-0.2, 0) is 21.2 Å². The first-order valence-corrected chi connectivity index (χ1v) is 10.6. The smallest absolute Gasteiger partial charge is 0.264 e. The largest absolute Gasteiger partial charge is 0.326 e. The van der Waals surface area contributed by atoms with E-state index in [-0.39, 0.29) is 16.2 Å². The first-order valence-electron chi connectivity index (χ1n) is 9.17. The van der Waals surface area contributed by atoms with E-state index in [1.807, 2.05) is 32.9 Å². The predicted octanol–water partition coefficient (Wildman–Crippen LogP) is 4.20. The molecule has 5 nitrogen and oxygen atoms in total. The van der Waals surface area contributed by atoms with Gasteiger partial charge in [0, 0.05) is 18.7 Å². The van der Waals surface area contributed by atoms with Crippen molar-refractivity contribution in [3.63, 3.8) is 0 Å². The van der Waals surface area contributed by atoms with Gasteiger partial charge in [0.1, 0.15) is 0 Å². The molecule has 0 unspecified atom stereocenters. The molecular formula is C21H26N2O3S. The molecule has 1 aliphatic heterocycles. The molecule has 0 fully saturated rings. The van der Waals surface area contributed by atoms with Gasteiger partial charge < -0.3 is 5.32 Å². The van der Waals surface area contributed by atoms with Crippen LogP contribution in [0.4, 0.5) is 11.4 Å². The van der Waals surface area contributed by atoms with E-state index >= 15 is 0 Å². The minimum atomic E-state index is -3.63. The molecule has 6 heteroatoms. The molecule has 27 heavy (non-hydrogen) atoms. The Hall–Kier alpha value is -2.34. The third-order valence-corrected chi connectivity index (χ3v) is 6.29. The highest BCUT2D eigenvalue weighted by molar-refractivity contribution is 7.92. The minimum Gasteiger partial charge on any atom is -0.326 e. The summed E-state index contributed by atoms with van der Waals surface area (Å²) in [5, 5.41) is 2.90. The summed E-state index contributed by atoms with van der Waals surface area (Å²) in [5.74, 6) is -0.0734. The highest BCUT2D eigenvalue weighted by Crippen LogP contribution is 2.34. The van der Waals surface area contributed by atoms with Crippen LogP contribution in [0.2, 0.25) is 0 Å². The van der Waals surface area contributed by atoms with Crippen LogP contribution in [0.25, 0.3) is 0 Å². The summed E-state index contributed by atoms with van der Waals surface area (Å²) in [7, 11) is -3.63. The Kier molecular flexibility index (Phi) is 5.29. The number of carbonyl (C=O) groups excluding carboxylic acids is 1. The van der Waals surface area contributed by atoms with E-state index in [0.717, 1.165) is 18.4 Å². The number of rotatable bonds is 4. The lowest BCUT2D eigenvalue weighted by Gasteiger charge is -2.31. The van der Waals surface area contributed by atoms with E-state index in [9.17, 15) is 13.2 Å². The Morgan fingerprint density at radius 3 is 2.48 bits per heavy atom. The maximum atomic E-state index is 13.1. The summed E-state index contributed by atoms with van der Waals surface area (Å²) in [6.45, 7) is 6.46. The van der Waals surface area contributed by atoms with E-state index in [0.29, 0.717) is 24.3 Å². The molecule has 1 heterocycles. The number of aryl methyl sites for hydroxylation is 1. The summed E-state index contributed by atoms with van der Waals surface area (Å²) >= 11 is 0. The van der Waals surface area contributed by atoms with Crippen LogP contribution >= 0.6 is 0 Å². The van der Waals surface area contributed by atoms with Gasteiger partial charge in [-0.2, -0.15) is 0 Å². The fraction of sp³-hybridized carbons (Fsp3) is 0.381. The fourth-order valence-corrected chi connectivity index (χ4v) is 4.83. The Morgan fingerprint density at radius 2 is 1.81 bits per heavy atom. The summed E-state index contributed by atoms with van der Waals surface area (Å²) in [4.78, 5) is 12.5. The molecule has 2 aromatic carbocycles. The SMILES string of the molecule is CC(C)(C)CC(=O)Nc1ccc2c(c1)N(S(=O)(=O)c1ccccc1)CCC2. The monoisotopic (exact) mass is 386 g/mol. The first kappa shape index (κ1) is 19.4. The van der Waals surface area contributed by atoms with Gasteiger partial charge >= 0.3 is 0 Å². The second-order valence-corrected chi connectivity index (χ2v) is 9.99. The molecule has 2 aromatic rings. The Bertz CT molecular complexity index is 932. The molecular weight excluding hydrogens is 360 g/mol. The van der Waals surface area contributed by atoms with Gasteiger partial charge in [-0.15, -0.1) is 0 Å². The maximum Gasteiger partial charge on any atom is 0.264 e. The average Bonchev–Trinajstić information content (AvgIpc) is 2.60. The molecule has 0 spiro atoms. The second kappa shape index (κ2) is 7.35. The van der Waals surface area contributed by atoms with Gasteiger partial charge in [0.05, 0.1) is 10.6 Å². The summed E-state index contributed by atoms with van der Waals surface area (Å²) in [5.41, 5.74) is 2.15. The third-order valence-electron chi connectivity index (χ3n) is 4.47. The number of sulfonamides is 1. The first-order chi connectivity index (χ1) is 12.7. The van der Waals surface area contributed by atoms with Crippen LogP contribution in [0.5, 0.6) is 0 Å². The number of carbonyl (C=O) groups is 1. The standard InChI is InChI=1S/C21H26N2O3S/c1-21(2,3)15-20(24)22-17-12-11-16-8-7-13-23(19(16)14-17)27(25,26)18-9-5-4-6-10-18/h4-6,9-12,14H,7-8,13,15H2,1-3H3,(H,22,24). The molecule has 0 saturated carbocycles. The van der Waals surface area contributed by atoms with E-state index in [1.165, 1.54) is 4.31 Å². The zero-order valence-corrected chi connectivity index (χ0v) is 16.8. The maximum absolute atomic E-state index is 13.1. The number of hydrogen-bond donors (Lipinski definition) is 1. The van der Waals surface area contributed by atoms with Crippen LogP contribution in [0.1, 0.15) is 39.2 Å². The number of nitrogens with one attached hydrogen (secondary N) is 1. The molecule has 3 rings (SSSR count). The zero-order valence-electron chi connectivity index (χ0n) is 16.0. The zero-order chi connectivity index (χ0) is 19.7. The van der Waals surface area contributed by atoms with Gasteiger partial charge in [-0.3, -0.25) is 9.10 Å². The number of fused-ring (bicyclic) bond motifs is 1. The van der Waals surface area contributed by atoms with Gasteiger partial charge in [-0.1, -0.05) is 45.0 Å². The highest BCUT2D eigenvalue weighted by atomic mass is 32.2. The molecule has 0 bridgehead atoms. The van der Waals surface area contributed by atoms with E-state index in [2.05, 4.69) is 5.32 Å². The fourth-order valence-electron chi connectivity index (χ4n) is 3.27. The highest BCUT2D eigenvalue weighted by Gasteiger charge is 2.29. The predicted molar refractivity (Wildman–Crippen MR) is 108 cm³/mol. The molecule has 0 saturated heterocycles. The van der Waals surface area contributed by atoms with Gasteiger partial charge in [0.2, 0.25) is 5.91 Å². The molecule has 0 atom stereocenters. The van der Waals surface area contributed by atoms with Crippen LogP contribution in [-0.4, -0.2) is 20.9 Å². The molecule has 1 aliphatic rings. The van der Waals surface area contributed by atoms with Crippen molar-refractivity contribution in [2.45, 2.75) is 44.9 Å². The molecule has 144 valence electrons. The lowest BCUT2D eigenvalue weighted by Crippen LogP contribution is -2.35. The van der Waals surface area contributed by atoms with Crippen molar-refractivity contribution >= 4 is 27.3 Å². The van der Waals surface area contributed by atoms with E-state index in [1.54, 1.807) is 36.4 Å². The third kappa shape index (κ3) is 4.50. The Labute approximate surface area is 161 Å². The van der Waals surface area contributed by atoms with Crippen molar-refractivity contribution in [3.8, 4) is 0 Å². The minimum absolute atomic E-state index is 0.0734. The van der Waals surface area contributed by atoms with Crippen LogP contribution < -0.4 is 9.62 Å². The normalized spacial score (nSPS) is 14.6. The number of amides is 1. The molecule has 0 aliphatic carbocycles. The summed E-state index contributed by atoms with van der Waals surface area (Å²) < 4.78 is 27.7. The van der Waals surface area contributed by atoms with Gasteiger partial charge in [0.25, 0.3) is 10.0 Å². The van der Waals surface area contributed by atoms with E-state index in [4.69, 9.17) is 0 Å². The molecule has 1 N–H and O–H groups in total. The second-order valence-electron chi connectivity index (χ2n) is 8.12. The number of anilines is 2. The number of nitrogens with zero attached hydrogens (tertiary/aromatic N) is 1. The van der Waals surface area contributed by atoms with Crippen LogP contribution in [0, 0.1) is 5.41 Å². The van der Waals surface area contributed by atoms with Crippen LogP contribution in [0.3, 0.4) is 0 Å². The number of hydrogen-bond acceptors (Lipinski definition) is 3. The van der Waals surface area contributed by atoms with Gasteiger partial charge in [-0.05, 0) is 48.1 Å². The van der Waals surface area contributed by atoms with Crippen molar-refractivity contribution in [2.24, 2.45) is 5.41 Å². The van der Waals surface area contributed by atoms with Crippen LogP contribution in [0.15, 0.2) is 53.4 Å². The van der Waals surface area contributed by atoms with Gasteiger partial charge in [0.15, 0.2) is 0 Å². The Morgan fingerprint density at radius 1 is 1.11 bits per heavy atom. The van der Waals surface area contributed by atoms with Crippen molar-refractivity contribution in [1.82, 2.24) is 0 Å². The quantitative estimate of drug-likeness (QED) is 0.856.